The van der Waals surface area contributed by atoms with Crippen molar-refractivity contribution in [1.82, 2.24) is 4.98 Å². The smallest absolute Gasteiger partial charge is 0.350 e. The molecule has 0 aliphatic heterocycles. The number of thiophene rings is 1. The summed E-state index contributed by atoms with van der Waals surface area (Å²) < 4.78 is 10.5. The van der Waals surface area contributed by atoms with Crippen LogP contribution in [0.15, 0.2) is 48.5 Å². The molecular weight excluding hydrogens is 412 g/mol. The summed E-state index contributed by atoms with van der Waals surface area (Å²) in [6.07, 6.45) is 0. The fourth-order valence-electron chi connectivity index (χ4n) is 4.00. The normalized spacial score (nSPS) is 12.0. The molecule has 31 heavy (non-hydrogen) atoms. The van der Waals surface area contributed by atoms with Crippen LogP contribution in [-0.2, 0) is 4.74 Å². The molecule has 0 radical (unpaired) electrons. The van der Waals surface area contributed by atoms with Crippen LogP contribution in [0.25, 0.3) is 32.5 Å². The molecule has 2 aromatic heterocycles. The van der Waals surface area contributed by atoms with Crippen LogP contribution in [0.3, 0.4) is 0 Å². The number of nitrogens with two attached hydrogens (primary N) is 1. The van der Waals surface area contributed by atoms with Crippen LogP contribution < -0.4 is 10.5 Å². The van der Waals surface area contributed by atoms with Gasteiger partial charge in [-0.1, -0.05) is 36.4 Å². The lowest BCUT2D eigenvalue weighted by Gasteiger charge is -2.12. The molecule has 1 aliphatic rings. The Morgan fingerprint density at radius 3 is 2.45 bits per heavy atom. The zero-order chi connectivity index (χ0) is 21.7. The molecular formula is C24H18N2O4S. The van der Waals surface area contributed by atoms with E-state index in [-0.39, 0.29) is 12.4 Å². The maximum atomic E-state index is 13.1. The highest BCUT2D eigenvalue weighted by atomic mass is 32.1. The lowest BCUT2D eigenvalue weighted by molar-refractivity contribution is 0.0533. The molecule has 0 amide bonds. The van der Waals surface area contributed by atoms with Crippen molar-refractivity contribution in [2.45, 2.75) is 6.92 Å². The number of aromatic nitrogens is 1. The molecule has 0 saturated carbocycles. The van der Waals surface area contributed by atoms with E-state index in [1.807, 2.05) is 42.5 Å². The Hall–Kier alpha value is -3.71. The van der Waals surface area contributed by atoms with Crippen molar-refractivity contribution in [3.8, 4) is 28.0 Å². The average molecular weight is 430 g/mol. The quantitative estimate of drug-likeness (QED) is 0.406. The summed E-state index contributed by atoms with van der Waals surface area (Å²) in [5, 5.41) is 0.654. The van der Waals surface area contributed by atoms with Gasteiger partial charge in [-0.15, -0.1) is 11.3 Å². The number of ether oxygens (including phenoxy) is 2. The van der Waals surface area contributed by atoms with Gasteiger partial charge in [-0.05, 0) is 30.2 Å². The molecule has 0 atom stereocenters. The third-order valence-corrected chi connectivity index (χ3v) is 6.45. The van der Waals surface area contributed by atoms with Gasteiger partial charge in [0, 0.05) is 22.1 Å². The molecule has 7 heteroatoms. The van der Waals surface area contributed by atoms with E-state index in [1.54, 1.807) is 20.1 Å². The molecule has 4 aromatic rings. The SMILES string of the molecule is CCOC(=O)c1sc2nc3c(c(-c4ccc(OC)cc4)c2c1N)-c1ccccc1C3=O. The Morgan fingerprint density at radius 1 is 1.06 bits per heavy atom. The topological polar surface area (TPSA) is 91.5 Å². The van der Waals surface area contributed by atoms with Crippen molar-refractivity contribution in [2.75, 3.05) is 19.5 Å². The summed E-state index contributed by atoms with van der Waals surface area (Å²) >= 11 is 1.15. The maximum Gasteiger partial charge on any atom is 0.350 e. The Morgan fingerprint density at radius 2 is 1.77 bits per heavy atom. The van der Waals surface area contributed by atoms with Crippen LogP contribution in [0.5, 0.6) is 5.75 Å². The fourth-order valence-corrected chi connectivity index (χ4v) is 5.00. The summed E-state index contributed by atoms with van der Waals surface area (Å²) in [6.45, 7) is 1.99. The number of pyridine rings is 1. The van der Waals surface area contributed by atoms with Gasteiger partial charge in [0.2, 0.25) is 5.78 Å². The fraction of sp³-hybridized carbons (Fsp3) is 0.125. The highest BCUT2D eigenvalue weighted by molar-refractivity contribution is 7.21. The van der Waals surface area contributed by atoms with E-state index in [1.165, 1.54) is 0 Å². The van der Waals surface area contributed by atoms with E-state index in [2.05, 4.69) is 4.98 Å². The zero-order valence-electron chi connectivity index (χ0n) is 16.9. The van der Waals surface area contributed by atoms with E-state index in [0.717, 1.165) is 33.6 Å². The zero-order valence-corrected chi connectivity index (χ0v) is 17.7. The van der Waals surface area contributed by atoms with Crippen molar-refractivity contribution in [3.63, 3.8) is 0 Å². The first-order valence-corrected chi connectivity index (χ1v) is 10.6. The Balaban J connectivity index is 1.89. The first kappa shape index (κ1) is 19.3. The first-order chi connectivity index (χ1) is 15.0. The lowest BCUT2D eigenvalue weighted by atomic mass is 9.93. The summed E-state index contributed by atoms with van der Waals surface area (Å²) in [5.74, 6) is 0.0927. The molecule has 0 fully saturated rings. The minimum atomic E-state index is -0.490. The van der Waals surface area contributed by atoms with Crippen molar-refractivity contribution in [2.24, 2.45) is 0 Å². The number of esters is 1. The number of anilines is 1. The second kappa shape index (κ2) is 7.21. The monoisotopic (exact) mass is 430 g/mol. The summed E-state index contributed by atoms with van der Waals surface area (Å²) in [7, 11) is 1.61. The Kier molecular flexibility index (Phi) is 4.48. The van der Waals surface area contributed by atoms with Gasteiger partial charge in [0.25, 0.3) is 0 Å². The number of fused-ring (bicyclic) bond motifs is 4. The van der Waals surface area contributed by atoms with E-state index in [4.69, 9.17) is 15.2 Å². The second-order valence-electron chi connectivity index (χ2n) is 7.06. The molecule has 154 valence electrons. The van der Waals surface area contributed by atoms with Crippen LogP contribution in [0.4, 0.5) is 5.69 Å². The Labute approximate surface area is 182 Å². The molecule has 2 heterocycles. The van der Waals surface area contributed by atoms with Gasteiger partial charge in [-0.25, -0.2) is 9.78 Å². The minimum Gasteiger partial charge on any atom is -0.497 e. The van der Waals surface area contributed by atoms with Crippen molar-refractivity contribution >= 4 is 39.0 Å². The maximum absolute atomic E-state index is 13.1. The van der Waals surface area contributed by atoms with Gasteiger partial charge in [0.05, 0.1) is 19.4 Å². The van der Waals surface area contributed by atoms with Crippen LogP contribution in [0.2, 0.25) is 0 Å². The number of hydrogen-bond acceptors (Lipinski definition) is 7. The molecule has 5 rings (SSSR count). The average Bonchev–Trinajstić information content (AvgIpc) is 3.28. The number of hydrogen-bond donors (Lipinski definition) is 1. The van der Waals surface area contributed by atoms with E-state index in [9.17, 15) is 9.59 Å². The number of methoxy groups -OCH3 is 1. The molecule has 2 N–H and O–H groups in total. The molecule has 0 unspecified atom stereocenters. The number of nitrogens with zero attached hydrogens (tertiary/aromatic N) is 1. The standard InChI is InChI=1S/C24H18N2O4S/c1-3-30-24(28)22-19(25)18-16(12-8-10-13(29-2)11-9-12)17-14-6-4-5-7-15(14)21(27)20(17)26-23(18)31-22/h4-11H,3,25H2,1-2H3. The number of carbonyl (C=O) groups excluding carboxylic acids is 2. The molecule has 0 bridgehead atoms. The van der Waals surface area contributed by atoms with Gasteiger partial charge in [0.1, 0.15) is 21.2 Å². The predicted octanol–water partition coefficient (Wildman–Crippen LogP) is 4.94. The second-order valence-corrected chi connectivity index (χ2v) is 8.06. The predicted molar refractivity (Wildman–Crippen MR) is 121 cm³/mol. The molecule has 0 spiro atoms. The van der Waals surface area contributed by atoms with E-state index in [0.29, 0.717) is 37.8 Å². The van der Waals surface area contributed by atoms with E-state index < -0.39 is 5.97 Å². The summed E-state index contributed by atoms with van der Waals surface area (Å²) in [5.41, 5.74) is 11.0. The van der Waals surface area contributed by atoms with Crippen LogP contribution in [-0.4, -0.2) is 30.5 Å². The number of benzene rings is 2. The van der Waals surface area contributed by atoms with Crippen molar-refractivity contribution < 1.29 is 19.1 Å². The van der Waals surface area contributed by atoms with Crippen molar-refractivity contribution in [1.29, 1.82) is 0 Å². The third kappa shape index (κ3) is 2.81. The van der Waals surface area contributed by atoms with E-state index >= 15 is 0 Å². The van der Waals surface area contributed by atoms with Crippen LogP contribution in [0.1, 0.15) is 32.6 Å². The lowest BCUT2D eigenvalue weighted by Crippen LogP contribution is -2.05. The third-order valence-electron chi connectivity index (χ3n) is 5.37. The van der Waals surface area contributed by atoms with Gasteiger partial charge in [-0.2, -0.15) is 0 Å². The highest BCUT2D eigenvalue weighted by Gasteiger charge is 2.34. The largest absolute Gasteiger partial charge is 0.497 e. The van der Waals surface area contributed by atoms with Crippen LogP contribution >= 0.6 is 11.3 Å². The molecule has 1 aliphatic carbocycles. The molecule has 6 nitrogen and oxygen atoms in total. The molecule has 2 aromatic carbocycles. The number of ketones is 1. The number of carbonyl (C=O) groups is 2. The summed E-state index contributed by atoms with van der Waals surface area (Å²) in [6, 6.07) is 15.0. The van der Waals surface area contributed by atoms with Gasteiger partial charge in [0.15, 0.2) is 0 Å². The number of rotatable bonds is 4. The van der Waals surface area contributed by atoms with Crippen LogP contribution in [0, 0.1) is 0 Å². The van der Waals surface area contributed by atoms with Gasteiger partial charge >= 0.3 is 5.97 Å². The first-order valence-electron chi connectivity index (χ1n) is 9.76. The molecule has 0 saturated heterocycles. The number of nitrogen functional groups attached to an aromatic ring is 1. The highest BCUT2D eigenvalue weighted by Crippen LogP contribution is 2.49. The van der Waals surface area contributed by atoms with Gasteiger partial charge < -0.3 is 15.2 Å². The minimum absolute atomic E-state index is 0.132. The van der Waals surface area contributed by atoms with Crippen molar-refractivity contribution in [3.05, 3.63) is 64.7 Å². The summed E-state index contributed by atoms with van der Waals surface area (Å²) in [4.78, 5) is 31.1. The Bertz CT molecular complexity index is 1370. The van der Waals surface area contributed by atoms with Gasteiger partial charge in [-0.3, -0.25) is 4.79 Å².